The largest absolute Gasteiger partial charge is 0.472 e. The van der Waals surface area contributed by atoms with Gasteiger partial charge in [-0.1, -0.05) is 17.8 Å². The van der Waals surface area contributed by atoms with Crippen LogP contribution in [0.1, 0.15) is 31.7 Å². The summed E-state index contributed by atoms with van der Waals surface area (Å²) >= 11 is 0.777. The molecule has 5 rings (SSSR count). The van der Waals surface area contributed by atoms with Gasteiger partial charge in [0.1, 0.15) is 54.2 Å². The first-order valence-corrected chi connectivity index (χ1v) is 21.1. The normalized spacial score (nSPS) is 26.2. The Morgan fingerprint density at radius 2 is 1.69 bits per heavy atom. The highest BCUT2D eigenvalue weighted by molar-refractivity contribution is 8.13. The zero-order chi connectivity index (χ0) is 42.5. The number of rotatable bonds is 18. The van der Waals surface area contributed by atoms with Crippen LogP contribution < -0.4 is 22.5 Å². The van der Waals surface area contributed by atoms with Crippen molar-refractivity contribution in [2.75, 3.05) is 30.9 Å². The van der Waals surface area contributed by atoms with Crippen molar-refractivity contribution in [1.29, 1.82) is 0 Å². The first-order valence-electron chi connectivity index (χ1n) is 16.8. The highest BCUT2D eigenvalue weighted by Gasteiger charge is 2.52. The fourth-order valence-electron chi connectivity index (χ4n) is 5.80. The summed E-state index contributed by atoms with van der Waals surface area (Å²) < 4.78 is 58.8. The fourth-order valence-corrected chi connectivity index (χ4v) is 7.44. The third-order valence-corrected chi connectivity index (χ3v) is 10.6. The number of imidazole rings is 1. The van der Waals surface area contributed by atoms with Gasteiger partial charge in [-0.3, -0.25) is 32.3 Å². The van der Waals surface area contributed by atoms with Crippen molar-refractivity contribution in [2.45, 2.75) is 74.4 Å². The predicted molar refractivity (Wildman–Crippen MR) is 196 cm³/mol. The Bertz CT molecular complexity index is 2160. The molecule has 0 aliphatic carbocycles. The second kappa shape index (κ2) is 18.8. The highest BCUT2D eigenvalue weighted by atomic mass is 32.2. The Balaban J connectivity index is 1.40. The number of allylic oxidation sites excluding steroid dienone is 1. The van der Waals surface area contributed by atoms with Gasteiger partial charge in [0.15, 0.2) is 35.1 Å². The van der Waals surface area contributed by atoms with Gasteiger partial charge in [-0.15, -0.1) is 6.58 Å². The quantitative estimate of drug-likeness (QED) is 0.0390. The van der Waals surface area contributed by atoms with E-state index in [0.717, 1.165) is 34.9 Å². The van der Waals surface area contributed by atoms with E-state index in [1.165, 1.54) is 23.2 Å². The van der Waals surface area contributed by atoms with Crippen molar-refractivity contribution in [3.8, 4) is 0 Å². The zero-order valence-electron chi connectivity index (χ0n) is 30.1. The second-order valence-corrected chi connectivity index (χ2v) is 16.0. The third kappa shape index (κ3) is 10.9. The molecule has 3 aromatic rings. The highest BCUT2D eigenvalue weighted by Crippen LogP contribution is 2.50. The van der Waals surface area contributed by atoms with Crippen LogP contribution in [-0.2, 0) is 51.3 Å². The van der Waals surface area contributed by atoms with Crippen molar-refractivity contribution in [1.82, 2.24) is 34.4 Å². The number of nitrogens with one attached hydrogen (secondary N) is 1. The molecular formula is C29H39N9O17P2S. The number of phosphoric acid groups is 2. The van der Waals surface area contributed by atoms with Crippen LogP contribution in [0.4, 0.5) is 11.6 Å². The molecule has 0 radical (unpaired) electrons. The molecule has 10 atom stereocenters. The summed E-state index contributed by atoms with van der Waals surface area (Å²) in [5, 5.41) is 24.5. The van der Waals surface area contributed by atoms with Crippen molar-refractivity contribution in [3.05, 3.63) is 48.1 Å². The number of phosphoric ester groups is 2. The van der Waals surface area contributed by atoms with Gasteiger partial charge >= 0.3 is 27.3 Å². The van der Waals surface area contributed by atoms with Crippen LogP contribution in [0.15, 0.2) is 42.4 Å². The summed E-state index contributed by atoms with van der Waals surface area (Å²) in [5.74, 6) is -2.05. The number of nitrogens with two attached hydrogens (primary N) is 2. The number of aliphatic hydroxyl groups excluding tert-OH is 2. The van der Waals surface area contributed by atoms with Crippen LogP contribution in [0.25, 0.3) is 11.2 Å². The van der Waals surface area contributed by atoms with Crippen molar-refractivity contribution >= 4 is 67.2 Å². The molecule has 0 bridgehead atoms. The summed E-state index contributed by atoms with van der Waals surface area (Å²) in [7, 11) is -10.6. The molecule has 2 aliphatic heterocycles. The lowest BCUT2D eigenvalue weighted by Crippen LogP contribution is -2.47. The summed E-state index contributed by atoms with van der Waals surface area (Å²) in [4.78, 5) is 95.9. The van der Waals surface area contributed by atoms with Crippen molar-refractivity contribution < 1.29 is 76.2 Å². The molecule has 10 N–H and O–H groups in total. The molecule has 2 saturated heterocycles. The van der Waals surface area contributed by atoms with E-state index in [2.05, 4.69) is 36.4 Å². The van der Waals surface area contributed by atoms with Gasteiger partial charge in [0, 0.05) is 19.0 Å². The number of ether oxygens (including phenoxy) is 3. The molecule has 5 unspecified atom stereocenters. The zero-order valence-corrected chi connectivity index (χ0v) is 32.7. The van der Waals surface area contributed by atoms with Gasteiger partial charge in [0.2, 0.25) is 5.91 Å². The minimum absolute atomic E-state index is 0.0340. The number of nitrogen functional groups attached to an aromatic ring is 2. The molecule has 26 nitrogen and oxygen atoms in total. The predicted octanol–water partition coefficient (Wildman–Crippen LogP) is -1.98. The van der Waals surface area contributed by atoms with Crippen molar-refractivity contribution in [3.63, 3.8) is 0 Å². The number of carbonyl (C=O) groups is 3. The molecule has 2 aliphatic rings. The van der Waals surface area contributed by atoms with Gasteiger partial charge in [-0.05, 0) is 18.7 Å². The number of hydrogen-bond acceptors (Lipinski definition) is 21. The Hall–Kier alpha value is -4.21. The van der Waals surface area contributed by atoms with E-state index in [-0.39, 0.29) is 35.6 Å². The van der Waals surface area contributed by atoms with E-state index >= 15 is 0 Å². The van der Waals surface area contributed by atoms with Gasteiger partial charge in [-0.25, -0.2) is 33.7 Å². The molecule has 1 amide bonds. The maximum absolute atomic E-state index is 13.6. The Morgan fingerprint density at radius 1 is 1.03 bits per heavy atom. The first-order chi connectivity index (χ1) is 27.3. The summed E-state index contributed by atoms with van der Waals surface area (Å²) in [5.41, 5.74) is 10.5. The molecule has 3 aromatic heterocycles. The molecule has 318 valence electrons. The summed E-state index contributed by atoms with van der Waals surface area (Å²) in [6, 6.07) is -0.389. The maximum atomic E-state index is 13.6. The Morgan fingerprint density at radius 3 is 2.34 bits per heavy atom. The summed E-state index contributed by atoms with van der Waals surface area (Å²) in [6.07, 6.45) is -8.23. The van der Waals surface area contributed by atoms with E-state index in [1.54, 1.807) is 0 Å². The summed E-state index contributed by atoms with van der Waals surface area (Å²) in [6.45, 7) is 1.49. The monoisotopic (exact) mass is 879 g/mol. The average molecular weight is 880 g/mol. The van der Waals surface area contributed by atoms with Gasteiger partial charge < -0.3 is 55.9 Å². The number of aromatic nitrogens is 6. The van der Waals surface area contributed by atoms with Gasteiger partial charge in [0.25, 0.3) is 0 Å². The Kier molecular flexibility index (Phi) is 14.5. The SMILES string of the molecule is C=CCCC(=O)N[C@H](CC(=O)SC)C(=O)OC1C(COP(=O)(O)O[C@H]2[C@@H](O)[C@H](n3ccc(N)nc3=O)O[C@@H]2COP(=O)(O)O)OC(n2cnc3c(N)ncnc32)C1O. The number of hydrogen-bond donors (Lipinski definition) is 8. The smallest absolute Gasteiger partial charge is 0.455 e. The fraction of sp³-hybridized carbons (Fsp3) is 0.517. The van der Waals surface area contributed by atoms with Crippen LogP contribution in [-0.4, -0.2) is 133 Å². The Labute approximate surface area is 330 Å². The number of thioether (sulfide) groups is 1. The van der Waals surface area contributed by atoms with Crippen molar-refractivity contribution in [2.24, 2.45) is 0 Å². The topological polar surface area (TPSA) is 384 Å². The van der Waals surface area contributed by atoms with E-state index in [9.17, 15) is 53.2 Å². The van der Waals surface area contributed by atoms with E-state index in [1.807, 2.05) is 0 Å². The van der Waals surface area contributed by atoms with Crippen LogP contribution in [0, 0.1) is 0 Å². The maximum Gasteiger partial charge on any atom is 0.472 e. The lowest BCUT2D eigenvalue weighted by Gasteiger charge is -2.26. The van der Waals surface area contributed by atoms with Gasteiger partial charge in [0.05, 0.1) is 19.5 Å². The second-order valence-electron chi connectivity index (χ2n) is 12.5. The van der Waals surface area contributed by atoms with E-state index in [4.69, 9.17) is 34.7 Å². The number of carbonyl (C=O) groups excluding carboxylic acids is 3. The molecular weight excluding hydrogens is 840 g/mol. The number of fused-ring (bicyclic) bond motifs is 1. The van der Waals surface area contributed by atoms with E-state index < -0.39 is 113 Å². The molecule has 0 spiro atoms. The molecule has 5 heterocycles. The molecule has 2 fully saturated rings. The van der Waals surface area contributed by atoms with Crippen LogP contribution >= 0.6 is 27.4 Å². The number of nitrogens with zero attached hydrogens (tertiary/aromatic N) is 6. The number of aliphatic hydroxyl groups is 2. The number of esters is 1. The third-order valence-electron chi connectivity index (χ3n) is 8.52. The van der Waals surface area contributed by atoms with E-state index in [0.29, 0.717) is 0 Å². The van der Waals surface area contributed by atoms with Crippen LogP contribution in [0.5, 0.6) is 0 Å². The average Bonchev–Trinajstić information content (AvgIpc) is 3.81. The van der Waals surface area contributed by atoms with Crippen LogP contribution in [0.3, 0.4) is 0 Å². The molecule has 58 heavy (non-hydrogen) atoms. The number of amides is 1. The minimum Gasteiger partial charge on any atom is -0.455 e. The lowest BCUT2D eigenvalue weighted by atomic mass is 10.1. The molecule has 0 aromatic carbocycles. The van der Waals surface area contributed by atoms with Crippen LogP contribution in [0.2, 0.25) is 0 Å². The lowest BCUT2D eigenvalue weighted by molar-refractivity contribution is -0.160. The minimum atomic E-state index is -5.43. The molecule has 0 saturated carbocycles. The first kappa shape index (κ1) is 44.9. The standard InChI is InChI=1S/C29H39N9O17P2S/c1-3-4-5-17(39)35-13(8-18(40)58-2)28(43)54-22-14(52-27(20(22)41)38-12-34-19-24(31)32-11-33-25(19)38)10-51-57(48,49)55-23-15(9-50-56(45,46)47)53-26(21(23)42)37-7-6-16(30)36-29(37)44/h3,6-7,11-15,20-23,26-27,41-42H,1,4-5,8-10H2,2H3,(H,35,39)(H,48,49)(H2,30,36,44)(H2,31,32,33)(H2,45,46,47)/t13-,14?,15-,20?,21-,22?,23-,26-,27?/m1/s1. The van der Waals surface area contributed by atoms with Gasteiger partial charge in [-0.2, -0.15) is 4.98 Å². The molecule has 29 heteroatoms. The number of anilines is 2.